The van der Waals surface area contributed by atoms with E-state index in [1.165, 1.54) is 114 Å². The average molecular weight is 1070 g/mol. The van der Waals surface area contributed by atoms with Crippen LogP contribution < -0.4 is 9.80 Å². The Morgan fingerprint density at radius 1 is 0.629 bits per heavy atom. The Kier molecular flexibility index (Phi) is 14.1. The van der Waals surface area contributed by atoms with Gasteiger partial charge in [0.05, 0.1) is 60.5 Å². The van der Waals surface area contributed by atoms with Crippen LogP contribution in [0.25, 0.3) is 67.3 Å². The van der Waals surface area contributed by atoms with E-state index in [-0.39, 0.29) is 18.8 Å². The summed E-state index contributed by atoms with van der Waals surface area (Å²) in [6.07, 6.45) is 2.27. The fraction of sp³-hybridized carbons (Fsp3) is 0.132. The summed E-state index contributed by atoms with van der Waals surface area (Å²) >= 11 is 17.5. The number of ether oxygens (including phenoxy) is 1. The zero-order valence-corrected chi connectivity index (χ0v) is 40.0. The van der Waals surface area contributed by atoms with Crippen LogP contribution in [0.2, 0.25) is 0 Å². The first kappa shape index (κ1) is 45.2. The minimum Gasteiger partial charge on any atom is -0.480 e. The quantitative estimate of drug-likeness (QED) is 0.0368. The van der Waals surface area contributed by atoms with Crippen molar-refractivity contribution in [3.63, 3.8) is 0 Å². The third kappa shape index (κ3) is 10.0. The number of carboxylic acid groups (broad SMARTS) is 4. The van der Waals surface area contributed by atoms with E-state index in [1.54, 1.807) is 6.07 Å². The number of fused-ring (bicyclic) bond motifs is 9. The Morgan fingerprint density at radius 3 is 1.55 bits per heavy atom. The number of carbonyl (C=O) groups excluding carboxylic acids is 2. The Labute approximate surface area is 392 Å². The van der Waals surface area contributed by atoms with Gasteiger partial charge in [0.25, 0.3) is 5.70 Å². The van der Waals surface area contributed by atoms with Crippen molar-refractivity contribution in [2.75, 3.05) is 43.1 Å². The number of nitrogens with zero attached hydrogens (tertiary/aromatic N) is 3. The second kappa shape index (κ2) is 19.3. The molecule has 4 N–H and O–H groups in total. The third-order valence-electron chi connectivity index (χ3n) is 8.22. The van der Waals surface area contributed by atoms with Crippen LogP contribution in [0.1, 0.15) is 14.5 Å². The number of rotatable bonds is 13. The van der Waals surface area contributed by atoms with Gasteiger partial charge in [-0.2, -0.15) is 0 Å². The van der Waals surface area contributed by atoms with Gasteiger partial charge in [-0.05, 0) is 63.8 Å². The molecule has 0 amide bonds. The molecule has 0 aliphatic rings. The van der Waals surface area contributed by atoms with Crippen molar-refractivity contribution in [1.82, 2.24) is 0 Å². The average Bonchev–Trinajstić information content (AvgIpc) is 4.05. The molecule has 0 radical (unpaired) electrons. The number of thiophene rings is 9. The standard InChI is InChI=1S/C17H12N2O6S3.C13H9NO5S3.C8H3BrS3/c1-18-9(17(24)25-2)3-8-4-10-15(26-8)16-11(27-10)5-12(28-16)19(6-13(20)21)7-14(22)23;15-5-6-1-7-12(20-6)13-8(21-7)2-9(22-13)14(3-10(16)17)4-11(18)19;9-6-3-5-8(12-6)7-4(11-5)1-2-10-7/h3-5H,6-7H2,2H3,(H,20,21)(H,22,23);1-2,5H,3-4H2,(H,16,17)(H,18,19);1-3H/b9-3-;;. The molecule has 0 saturated heterocycles. The van der Waals surface area contributed by atoms with Gasteiger partial charge >= 0.3 is 29.8 Å². The van der Waals surface area contributed by atoms with Crippen LogP contribution in [0.4, 0.5) is 10.0 Å². The van der Waals surface area contributed by atoms with E-state index in [0.717, 1.165) is 48.8 Å². The number of hydrogen-bond donors (Lipinski definition) is 4. The van der Waals surface area contributed by atoms with Crippen molar-refractivity contribution in [1.29, 1.82) is 0 Å². The zero-order chi connectivity index (χ0) is 44.4. The molecule has 318 valence electrons. The molecule has 62 heavy (non-hydrogen) atoms. The lowest BCUT2D eigenvalue weighted by Gasteiger charge is -2.17. The van der Waals surface area contributed by atoms with E-state index >= 15 is 0 Å². The van der Waals surface area contributed by atoms with E-state index in [0.29, 0.717) is 14.9 Å². The molecule has 9 aromatic heterocycles. The van der Waals surface area contributed by atoms with E-state index in [4.69, 9.17) is 27.0 Å². The molecule has 0 spiro atoms. The van der Waals surface area contributed by atoms with Crippen molar-refractivity contribution in [3.8, 4) is 0 Å². The van der Waals surface area contributed by atoms with Gasteiger partial charge in [-0.15, -0.1) is 102 Å². The maximum Gasteiger partial charge on any atom is 0.336 e. The van der Waals surface area contributed by atoms with Crippen molar-refractivity contribution in [3.05, 3.63) is 72.4 Å². The predicted molar refractivity (Wildman–Crippen MR) is 260 cm³/mol. The van der Waals surface area contributed by atoms with Crippen molar-refractivity contribution < 1.29 is 53.9 Å². The summed E-state index contributed by atoms with van der Waals surface area (Å²) in [5.41, 5.74) is -0.117. The Bertz CT molecular complexity index is 3240. The normalized spacial score (nSPS) is 11.4. The second-order valence-corrected chi connectivity index (χ2v) is 23.3. The molecule has 0 aromatic carbocycles. The van der Waals surface area contributed by atoms with Crippen molar-refractivity contribution >= 4 is 227 Å². The Balaban J connectivity index is 0.000000150. The Hall–Kier alpha value is -4.81. The lowest BCUT2D eigenvalue weighted by atomic mass is 10.3. The monoisotopic (exact) mass is 1060 g/mol. The lowest BCUT2D eigenvalue weighted by Crippen LogP contribution is -2.33. The van der Waals surface area contributed by atoms with E-state index in [1.807, 2.05) is 52.2 Å². The highest BCUT2D eigenvalue weighted by molar-refractivity contribution is 9.11. The van der Waals surface area contributed by atoms with Gasteiger partial charge < -0.3 is 35.0 Å². The minimum atomic E-state index is -1.11. The van der Waals surface area contributed by atoms with E-state index in [9.17, 15) is 28.8 Å². The number of halogens is 1. The van der Waals surface area contributed by atoms with Gasteiger partial charge in [-0.1, -0.05) is 0 Å². The van der Waals surface area contributed by atoms with Crippen LogP contribution in [0.5, 0.6) is 0 Å². The number of anilines is 2. The third-order valence-corrected chi connectivity index (χ3v) is 19.8. The van der Waals surface area contributed by atoms with E-state index < -0.39 is 42.9 Å². The highest BCUT2D eigenvalue weighted by Gasteiger charge is 2.22. The topological polar surface area (TPSA) is 203 Å². The van der Waals surface area contributed by atoms with Gasteiger partial charge in [0.2, 0.25) is 0 Å². The molecule has 9 heterocycles. The molecule has 9 aromatic rings. The summed E-state index contributed by atoms with van der Waals surface area (Å²) in [6, 6.07) is 11.7. The van der Waals surface area contributed by atoms with Crippen molar-refractivity contribution in [2.24, 2.45) is 0 Å². The SMILES string of the molecule is Brc1cc2sc3ccsc3c2s1.O=Cc1cc2sc3cc(N(CC(=O)O)CC(=O)O)sc3c2s1.[C-]#[N+]/C(=C\c1cc2sc3cc(N(CC(=O)O)CC(=O)O)sc3c2s1)C(=O)OC. The molecule has 0 aliphatic carbocycles. The van der Waals surface area contributed by atoms with Crippen LogP contribution in [-0.4, -0.2) is 89.8 Å². The van der Waals surface area contributed by atoms with Crippen molar-refractivity contribution in [2.45, 2.75) is 0 Å². The highest BCUT2D eigenvalue weighted by Crippen LogP contribution is 2.48. The summed E-state index contributed by atoms with van der Waals surface area (Å²) < 4.78 is 19.3. The number of carboxylic acids is 4. The van der Waals surface area contributed by atoms with Gasteiger partial charge in [0, 0.05) is 33.1 Å². The molecular formula is C38H24BrN3O11S9. The largest absolute Gasteiger partial charge is 0.480 e. The van der Waals surface area contributed by atoms with E-state index in [2.05, 4.69) is 43.0 Å². The van der Waals surface area contributed by atoms with Gasteiger partial charge in [0.15, 0.2) is 6.29 Å². The molecule has 0 bridgehead atoms. The summed E-state index contributed by atoms with van der Waals surface area (Å²) in [5.74, 6) is -5.08. The zero-order valence-electron chi connectivity index (χ0n) is 31.1. The van der Waals surface area contributed by atoms with Crippen LogP contribution in [0.3, 0.4) is 0 Å². The molecular weight excluding hydrogens is 1040 g/mol. The summed E-state index contributed by atoms with van der Waals surface area (Å²) in [5, 5.41) is 39.3. The molecule has 0 saturated carbocycles. The van der Waals surface area contributed by atoms with Gasteiger partial charge in [-0.25, -0.2) is 4.85 Å². The highest BCUT2D eigenvalue weighted by atomic mass is 79.9. The molecule has 0 atom stereocenters. The molecule has 24 heteroatoms. The number of carbonyl (C=O) groups is 6. The van der Waals surface area contributed by atoms with Gasteiger partial charge in [-0.3, -0.25) is 28.8 Å². The number of methoxy groups -OCH3 is 1. The number of aldehydes is 1. The first-order valence-electron chi connectivity index (χ1n) is 17.1. The fourth-order valence-electron chi connectivity index (χ4n) is 5.82. The first-order chi connectivity index (χ1) is 29.6. The number of esters is 1. The number of aliphatic carboxylic acids is 4. The molecule has 0 aliphatic heterocycles. The fourth-order valence-corrected chi connectivity index (χ4v) is 18.0. The smallest absolute Gasteiger partial charge is 0.336 e. The van der Waals surface area contributed by atoms with Gasteiger partial charge in [0.1, 0.15) is 26.2 Å². The molecule has 14 nitrogen and oxygen atoms in total. The summed E-state index contributed by atoms with van der Waals surface area (Å²) in [7, 11) is 1.21. The second-order valence-electron chi connectivity index (χ2n) is 12.4. The number of hydrogen-bond acceptors (Lipinski definition) is 18. The summed E-state index contributed by atoms with van der Waals surface area (Å²) in [6.45, 7) is 5.55. The van der Waals surface area contributed by atoms with Crippen LogP contribution in [-0.2, 0) is 28.7 Å². The first-order valence-corrected chi connectivity index (χ1v) is 25.3. The molecule has 9 rings (SSSR count). The lowest BCUT2D eigenvalue weighted by molar-refractivity contribution is -0.138. The predicted octanol–water partition coefficient (Wildman–Crippen LogP) is 11.5. The maximum absolute atomic E-state index is 11.6. The molecule has 0 fully saturated rings. The minimum absolute atomic E-state index is 0.117. The van der Waals surface area contributed by atoms with Crippen LogP contribution in [0.15, 0.2) is 51.3 Å². The molecule has 0 unspecified atom stereocenters. The maximum atomic E-state index is 11.6. The van der Waals surface area contributed by atoms with Crippen LogP contribution in [0, 0.1) is 6.57 Å². The summed E-state index contributed by atoms with van der Waals surface area (Å²) in [4.78, 5) is 73.5. The Morgan fingerprint density at radius 2 is 1.06 bits per heavy atom. The van der Waals surface area contributed by atoms with Crippen LogP contribution >= 0.6 is 118 Å².